The van der Waals surface area contributed by atoms with Gasteiger partial charge in [-0.3, -0.25) is 4.66 Å². The maximum Gasteiger partial charge on any atom is 0.196 e. The Morgan fingerprint density at radius 1 is 0.588 bits per heavy atom. The van der Waals surface area contributed by atoms with E-state index < -0.39 is 8.24 Å². The fraction of sp³-hybridized carbons (Fsp3) is 0.567. The van der Waals surface area contributed by atoms with Crippen molar-refractivity contribution >= 4 is 25.6 Å². The Morgan fingerprint density at radius 3 is 1.12 bits per heavy atom. The van der Waals surface area contributed by atoms with E-state index in [1.165, 1.54) is 33.6 Å². The highest BCUT2D eigenvalue weighted by Gasteiger charge is 2.36. The van der Waals surface area contributed by atoms with Crippen LogP contribution in [0.3, 0.4) is 0 Å². The van der Waals surface area contributed by atoms with Gasteiger partial charge in [-0.1, -0.05) is 91.8 Å². The summed E-state index contributed by atoms with van der Waals surface area (Å²) in [7, 11) is -1.75. The second-order valence-corrected chi connectivity index (χ2v) is 16.6. The number of rotatable bonds is 7. The van der Waals surface area contributed by atoms with E-state index in [2.05, 4.69) is 121 Å². The molecule has 0 saturated carbocycles. The normalized spacial score (nSPS) is 15.0. The number of guanidine groups is 1. The number of anilines is 2. The Balaban J connectivity index is 2.30. The number of nitrogens with zero attached hydrogens (tertiary/aromatic N) is 3. The maximum absolute atomic E-state index is 5.53. The van der Waals surface area contributed by atoms with Crippen LogP contribution in [0.5, 0.6) is 0 Å². The summed E-state index contributed by atoms with van der Waals surface area (Å²) in [5.74, 6) is 3.01. The Hall–Kier alpha value is -2.07. The fourth-order valence-corrected chi connectivity index (χ4v) is 5.88. The lowest BCUT2D eigenvalue weighted by molar-refractivity contribution is 0.821. The molecule has 1 saturated heterocycles. The van der Waals surface area contributed by atoms with Crippen molar-refractivity contribution in [3.8, 4) is 0 Å². The molecule has 0 bridgehead atoms. The van der Waals surface area contributed by atoms with Gasteiger partial charge in [-0.05, 0) is 65.6 Å². The van der Waals surface area contributed by atoms with Gasteiger partial charge < -0.3 is 9.80 Å². The minimum atomic E-state index is -1.75. The highest BCUT2D eigenvalue weighted by atomic mass is 28.3. The van der Waals surface area contributed by atoms with Crippen molar-refractivity contribution in [2.45, 2.75) is 98.7 Å². The number of para-hydroxylation sites is 2. The highest BCUT2D eigenvalue weighted by Crippen LogP contribution is 2.41. The van der Waals surface area contributed by atoms with Gasteiger partial charge in [0.15, 0.2) is 14.2 Å². The van der Waals surface area contributed by atoms with Gasteiger partial charge >= 0.3 is 0 Å². The summed E-state index contributed by atoms with van der Waals surface area (Å²) in [6.07, 6.45) is 0. The zero-order valence-corrected chi connectivity index (χ0v) is 24.5. The minimum Gasteiger partial charge on any atom is -0.311 e. The van der Waals surface area contributed by atoms with Crippen LogP contribution >= 0.6 is 0 Å². The molecule has 0 atom stereocenters. The second-order valence-electron chi connectivity index (χ2n) is 12.1. The molecule has 4 heteroatoms. The molecule has 0 N–H and O–H groups in total. The van der Waals surface area contributed by atoms with Crippen molar-refractivity contribution in [1.82, 2.24) is 0 Å². The maximum atomic E-state index is 5.53. The van der Waals surface area contributed by atoms with Gasteiger partial charge in [-0.25, -0.2) is 0 Å². The molecule has 186 valence electrons. The largest absolute Gasteiger partial charge is 0.311 e. The van der Waals surface area contributed by atoms with Crippen LogP contribution in [0.1, 0.15) is 101 Å². The smallest absolute Gasteiger partial charge is 0.196 e. The van der Waals surface area contributed by atoms with Crippen molar-refractivity contribution in [2.24, 2.45) is 4.66 Å². The van der Waals surface area contributed by atoms with Gasteiger partial charge in [0.1, 0.15) is 0 Å². The first-order valence-corrected chi connectivity index (χ1v) is 16.7. The third-order valence-corrected chi connectivity index (χ3v) is 7.56. The first-order valence-electron chi connectivity index (χ1n) is 13.2. The lowest BCUT2D eigenvalue weighted by atomic mass is 9.91. The molecular formula is C30H47N3Si. The number of hydrogen-bond donors (Lipinski definition) is 0. The van der Waals surface area contributed by atoms with Crippen LogP contribution < -0.4 is 9.80 Å². The second kappa shape index (κ2) is 10.3. The summed E-state index contributed by atoms with van der Waals surface area (Å²) in [4.78, 5) is 5.12. The van der Waals surface area contributed by atoms with E-state index >= 15 is 0 Å². The molecule has 0 spiro atoms. The summed E-state index contributed by atoms with van der Waals surface area (Å²) < 4.78 is 5.53. The van der Waals surface area contributed by atoms with Gasteiger partial charge in [-0.15, -0.1) is 0 Å². The summed E-state index contributed by atoms with van der Waals surface area (Å²) in [5.41, 5.74) is 8.49. The van der Waals surface area contributed by atoms with Crippen molar-refractivity contribution in [1.29, 1.82) is 0 Å². The Morgan fingerprint density at radius 2 is 0.882 bits per heavy atom. The molecule has 2 aromatic carbocycles. The third-order valence-electron chi connectivity index (χ3n) is 6.69. The standard InChI is InChI=1S/C30H47N3Si/c1-20(2)24-14-12-15-25(21(3)4)28(24)32-18-19-33(30(32)31-34(9,10)11)29-26(22(5)6)16-13-17-27(29)23(7)8/h12-17,20-23H,18-19H2,1-11H3. The SMILES string of the molecule is CC(C)c1cccc(C(C)C)c1N1CCN(c2c(C(C)C)cccc2C(C)C)C1=N[Si](C)(C)C. The van der Waals surface area contributed by atoms with E-state index in [4.69, 9.17) is 4.66 Å². The Labute approximate surface area is 210 Å². The fourth-order valence-electron chi connectivity index (χ4n) is 5.04. The molecule has 1 aliphatic rings. The van der Waals surface area contributed by atoms with E-state index in [0.717, 1.165) is 19.0 Å². The average molecular weight is 478 g/mol. The predicted octanol–water partition coefficient (Wildman–Crippen LogP) is 8.70. The van der Waals surface area contributed by atoms with Crippen molar-refractivity contribution in [3.63, 3.8) is 0 Å². The van der Waals surface area contributed by atoms with E-state index in [0.29, 0.717) is 23.7 Å². The Kier molecular flexibility index (Phi) is 8.02. The molecule has 0 amide bonds. The van der Waals surface area contributed by atoms with Crippen LogP contribution in [0.25, 0.3) is 0 Å². The van der Waals surface area contributed by atoms with Crippen LogP contribution in [-0.4, -0.2) is 27.3 Å². The predicted molar refractivity (Wildman–Crippen MR) is 155 cm³/mol. The molecular weight excluding hydrogens is 430 g/mol. The van der Waals surface area contributed by atoms with E-state index in [1.54, 1.807) is 0 Å². The zero-order chi connectivity index (χ0) is 25.4. The summed E-state index contributed by atoms with van der Waals surface area (Å²) in [5, 5.41) is 0. The summed E-state index contributed by atoms with van der Waals surface area (Å²) in [6, 6.07) is 13.8. The van der Waals surface area contributed by atoms with E-state index in [9.17, 15) is 0 Å². The molecule has 0 aliphatic carbocycles. The first kappa shape index (κ1) is 26.5. The molecule has 3 rings (SSSR count). The van der Waals surface area contributed by atoms with Crippen LogP contribution in [0.2, 0.25) is 19.6 Å². The average Bonchev–Trinajstić information content (AvgIpc) is 3.13. The molecule has 2 aromatic rings. The molecule has 1 fully saturated rings. The summed E-state index contributed by atoms with van der Waals surface area (Å²) >= 11 is 0. The van der Waals surface area contributed by atoms with Crippen LogP contribution in [0.15, 0.2) is 41.1 Å². The first-order chi connectivity index (χ1) is 15.8. The number of benzene rings is 2. The Bertz CT molecular complexity index is 902. The minimum absolute atomic E-state index is 0.463. The lowest BCUT2D eigenvalue weighted by Gasteiger charge is -2.33. The van der Waals surface area contributed by atoms with Gasteiger partial charge in [0.25, 0.3) is 0 Å². The van der Waals surface area contributed by atoms with Gasteiger partial charge in [0, 0.05) is 13.1 Å². The quantitative estimate of drug-likeness (QED) is 0.371. The third kappa shape index (κ3) is 5.43. The topological polar surface area (TPSA) is 18.8 Å². The lowest BCUT2D eigenvalue weighted by Crippen LogP contribution is -2.39. The molecule has 34 heavy (non-hydrogen) atoms. The van der Waals surface area contributed by atoms with E-state index in [-0.39, 0.29) is 0 Å². The molecule has 1 aliphatic heterocycles. The van der Waals surface area contributed by atoms with E-state index in [1.807, 2.05) is 0 Å². The van der Waals surface area contributed by atoms with Crippen molar-refractivity contribution < 1.29 is 0 Å². The molecule has 0 radical (unpaired) electrons. The van der Waals surface area contributed by atoms with Gasteiger partial charge in [0.05, 0.1) is 11.4 Å². The monoisotopic (exact) mass is 477 g/mol. The van der Waals surface area contributed by atoms with Gasteiger partial charge in [0.2, 0.25) is 0 Å². The van der Waals surface area contributed by atoms with Crippen LogP contribution in [0, 0.1) is 0 Å². The summed E-state index contributed by atoms with van der Waals surface area (Å²) in [6.45, 7) is 27.5. The van der Waals surface area contributed by atoms with Gasteiger partial charge in [-0.2, -0.15) is 0 Å². The van der Waals surface area contributed by atoms with Crippen LogP contribution in [-0.2, 0) is 0 Å². The van der Waals surface area contributed by atoms with Crippen molar-refractivity contribution in [2.75, 3.05) is 22.9 Å². The molecule has 1 heterocycles. The number of hydrogen-bond acceptors (Lipinski definition) is 1. The molecule has 3 nitrogen and oxygen atoms in total. The van der Waals surface area contributed by atoms with Crippen molar-refractivity contribution in [3.05, 3.63) is 58.7 Å². The highest BCUT2D eigenvalue weighted by molar-refractivity contribution is 6.75. The molecule has 0 unspecified atom stereocenters. The molecule has 0 aromatic heterocycles. The zero-order valence-electron chi connectivity index (χ0n) is 23.5. The van der Waals surface area contributed by atoms with Crippen LogP contribution in [0.4, 0.5) is 11.4 Å².